The molecule has 0 aliphatic heterocycles. The van der Waals surface area contributed by atoms with Crippen molar-refractivity contribution in [1.82, 2.24) is 0 Å². The highest BCUT2D eigenvalue weighted by Gasteiger charge is 2.04. The summed E-state index contributed by atoms with van der Waals surface area (Å²) in [4.78, 5) is 10.3. The van der Waals surface area contributed by atoms with E-state index >= 15 is 0 Å². The molecule has 1 atom stereocenters. The Morgan fingerprint density at radius 1 is 1.33 bits per heavy atom. The molecule has 0 radical (unpaired) electrons. The van der Waals surface area contributed by atoms with Crippen LogP contribution in [0.3, 0.4) is 0 Å². The van der Waals surface area contributed by atoms with Gasteiger partial charge < -0.3 is 9.47 Å². The van der Waals surface area contributed by atoms with Crippen LogP contribution in [0.25, 0.3) is 0 Å². The van der Waals surface area contributed by atoms with Crippen molar-refractivity contribution in [1.29, 1.82) is 0 Å². The summed E-state index contributed by atoms with van der Waals surface area (Å²) in [6, 6.07) is 9.04. The fraction of sp³-hybridized carbons (Fsp3) is 0.222. The minimum atomic E-state index is -0.813. The highest BCUT2D eigenvalue weighted by atomic mass is 16.7. The third kappa shape index (κ3) is 2.36. The minimum Gasteiger partial charge on any atom is -0.458 e. The number of hydrogen-bond acceptors (Lipinski definition) is 3. The molecule has 0 aliphatic carbocycles. The Labute approximate surface area is 70.9 Å². The summed E-state index contributed by atoms with van der Waals surface area (Å²) < 4.78 is 9.84. The molecule has 0 spiro atoms. The van der Waals surface area contributed by atoms with Crippen molar-refractivity contribution >= 4 is 6.29 Å². The van der Waals surface area contributed by atoms with Crippen molar-refractivity contribution in [2.24, 2.45) is 0 Å². The van der Waals surface area contributed by atoms with E-state index in [-0.39, 0.29) is 0 Å². The molecule has 3 heteroatoms. The quantitative estimate of drug-likeness (QED) is 0.498. The van der Waals surface area contributed by atoms with E-state index in [0.29, 0.717) is 12.0 Å². The zero-order valence-electron chi connectivity index (χ0n) is 6.77. The van der Waals surface area contributed by atoms with Crippen molar-refractivity contribution in [2.45, 2.75) is 6.29 Å². The summed E-state index contributed by atoms with van der Waals surface area (Å²) in [6.07, 6.45) is -0.208. The van der Waals surface area contributed by atoms with Gasteiger partial charge in [-0.15, -0.1) is 0 Å². The molecule has 0 saturated heterocycles. The molecule has 0 saturated carbocycles. The smallest absolute Gasteiger partial charge is 0.256 e. The van der Waals surface area contributed by atoms with Crippen molar-refractivity contribution in [3.63, 3.8) is 0 Å². The van der Waals surface area contributed by atoms with Crippen LogP contribution in [0, 0.1) is 0 Å². The molecule has 1 aromatic carbocycles. The van der Waals surface area contributed by atoms with Crippen LogP contribution in [-0.2, 0) is 9.53 Å². The van der Waals surface area contributed by atoms with E-state index in [9.17, 15) is 4.79 Å². The highest BCUT2D eigenvalue weighted by Crippen LogP contribution is 2.09. The predicted molar refractivity (Wildman–Crippen MR) is 43.9 cm³/mol. The van der Waals surface area contributed by atoms with Gasteiger partial charge in [0.05, 0.1) is 0 Å². The van der Waals surface area contributed by atoms with E-state index in [1.807, 2.05) is 18.2 Å². The number of carbonyl (C=O) groups is 1. The molecule has 12 heavy (non-hydrogen) atoms. The van der Waals surface area contributed by atoms with Gasteiger partial charge >= 0.3 is 0 Å². The monoisotopic (exact) mass is 166 g/mol. The summed E-state index contributed by atoms with van der Waals surface area (Å²) in [5, 5.41) is 0. The maximum absolute atomic E-state index is 10.3. The van der Waals surface area contributed by atoms with Crippen molar-refractivity contribution in [2.75, 3.05) is 7.11 Å². The van der Waals surface area contributed by atoms with Crippen LogP contribution in [0.5, 0.6) is 5.75 Å². The first kappa shape index (κ1) is 8.74. The van der Waals surface area contributed by atoms with Crippen LogP contribution in [-0.4, -0.2) is 19.7 Å². The van der Waals surface area contributed by atoms with Crippen molar-refractivity contribution in [3.8, 4) is 5.75 Å². The van der Waals surface area contributed by atoms with Gasteiger partial charge in [-0.2, -0.15) is 0 Å². The number of carbonyl (C=O) groups excluding carboxylic acids is 1. The second-order valence-corrected chi connectivity index (χ2v) is 2.17. The number of methoxy groups -OCH3 is 1. The Morgan fingerprint density at radius 3 is 2.50 bits per heavy atom. The average molecular weight is 166 g/mol. The molecule has 0 aromatic heterocycles. The second kappa shape index (κ2) is 4.51. The molecule has 0 fully saturated rings. The van der Waals surface area contributed by atoms with Gasteiger partial charge in [0, 0.05) is 7.11 Å². The number of hydrogen-bond donors (Lipinski definition) is 0. The molecule has 1 rings (SSSR count). The van der Waals surface area contributed by atoms with E-state index in [0.717, 1.165) is 0 Å². The van der Waals surface area contributed by atoms with Crippen molar-refractivity contribution < 1.29 is 14.3 Å². The van der Waals surface area contributed by atoms with E-state index in [1.165, 1.54) is 7.11 Å². The molecule has 64 valence electrons. The SMILES string of the molecule is COC(C=O)Oc1ccccc1. The van der Waals surface area contributed by atoms with E-state index < -0.39 is 6.29 Å². The zero-order valence-corrected chi connectivity index (χ0v) is 6.77. The Balaban J connectivity index is 2.56. The van der Waals surface area contributed by atoms with Gasteiger partial charge in [-0.1, -0.05) is 18.2 Å². The third-order valence-corrected chi connectivity index (χ3v) is 1.34. The first-order chi connectivity index (χ1) is 5.86. The molecule has 0 aliphatic rings. The maximum Gasteiger partial charge on any atom is 0.256 e. The van der Waals surface area contributed by atoms with Gasteiger partial charge in [0.15, 0.2) is 6.29 Å². The summed E-state index contributed by atoms with van der Waals surface area (Å²) in [6.45, 7) is 0. The van der Waals surface area contributed by atoms with Crippen molar-refractivity contribution in [3.05, 3.63) is 30.3 Å². The van der Waals surface area contributed by atoms with Gasteiger partial charge in [0.2, 0.25) is 0 Å². The number of benzene rings is 1. The number of para-hydroxylation sites is 1. The standard InChI is InChI=1S/C9H10O3/c1-11-9(7-10)12-8-5-3-2-4-6-8/h2-7,9H,1H3. The van der Waals surface area contributed by atoms with Crippen LogP contribution in [0.2, 0.25) is 0 Å². The average Bonchev–Trinajstić information content (AvgIpc) is 2.16. The summed E-state index contributed by atoms with van der Waals surface area (Å²) >= 11 is 0. The number of aldehydes is 1. The first-order valence-electron chi connectivity index (χ1n) is 3.56. The van der Waals surface area contributed by atoms with E-state index in [2.05, 4.69) is 0 Å². The maximum atomic E-state index is 10.3. The lowest BCUT2D eigenvalue weighted by atomic mass is 10.3. The van der Waals surface area contributed by atoms with Crippen LogP contribution in [0.4, 0.5) is 0 Å². The van der Waals surface area contributed by atoms with Gasteiger partial charge in [0.1, 0.15) is 5.75 Å². The molecular formula is C9H10O3. The molecule has 0 N–H and O–H groups in total. The van der Waals surface area contributed by atoms with Crippen LogP contribution >= 0.6 is 0 Å². The molecule has 0 bridgehead atoms. The lowest BCUT2D eigenvalue weighted by molar-refractivity contribution is -0.132. The fourth-order valence-corrected chi connectivity index (χ4v) is 0.765. The second-order valence-electron chi connectivity index (χ2n) is 2.17. The fourth-order valence-electron chi connectivity index (χ4n) is 0.765. The normalized spacial score (nSPS) is 12.1. The lowest BCUT2D eigenvalue weighted by Crippen LogP contribution is -2.19. The largest absolute Gasteiger partial charge is 0.458 e. The molecule has 0 amide bonds. The zero-order chi connectivity index (χ0) is 8.81. The molecular weight excluding hydrogens is 156 g/mol. The molecule has 1 unspecified atom stereocenters. The van der Waals surface area contributed by atoms with Gasteiger partial charge in [-0.25, -0.2) is 0 Å². The van der Waals surface area contributed by atoms with Crippen LogP contribution < -0.4 is 4.74 Å². The number of ether oxygens (including phenoxy) is 2. The Kier molecular flexibility index (Phi) is 3.29. The summed E-state index contributed by atoms with van der Waals surface area (Å²) in [7, 11) is 1.42. The van der Waals surface area contributed by atoms with Gasteiger partial charge in [0.25, 0.3) is 6.29 Å². The predicted octanol–water partition coefficient (Wildman–Crippen LogP) is 1.24. The van der Waals surface area contributed by atoms with E-state index in [4.69, 9.17) is 9.47 Å². The highest BCUT2D eigenvalue weighted by molar-refractivity contribution is 5.54. The molecule has 1 aromatic rings. The van der Waals surface area contributed by atoms with E-state index in [1.54, 1.807) is 12.1 Å². The number of rotatable bonds is 4. The van der Waals surface area contributed by atoms with Crippen LogP contribution in [0.1, 0.15) is 0 Å². The third-order valence-electron chi connectivity index (χ3n) is 1.34. The van der Waals surface area contributed by atoms with Gasteiger partial charge in [-0.3, -0.25) is 4.79 Å². The molecule has 0 heterocycles. The summed E-state index contributed by atoms with van der Waals surface area (Å²) in [5.41, 5.74) is 0. The Bertz CT molecular complexity index is 233. The lowest BCUT2D eigenvalue weighted by Gasteiger charge is -2.10. The van der Waals surface area contributed by atoms with Gasteiger partial charge in [-0.05, 0) is 12.1 Å². The Morgan fingerprint density at radius 2 is 2.00 bits per heavy atom. The Hall–Kier alpha value is -1.35. The van der Waals surface area contributed by atoms with Crippen LogP contribution in [0.15, 0.2) is 30.3 Å². The summed E-state index contributed by atoms with van der Waals surface area (Å²) in [5.74, 6) is 0.622. The topological polar surface area (TPSA) is 35.5 Å². The minimum absolute atomic E-state index is 0.604. The first-order valence-corrected chi connectivity index (χ1v) is 3.56. The molecule has 3 nitrogen and oxygen atoms in total.